The molecule has 1 aliphatic heterocycles. The van der Waals surface area contributed by atoms with E-state index >= 15 is 0 Å². The lowest BCUT2D eigenvalue weighted by molar-refractivity contribution is -0.122. The number of carbonyl (C=O) groups excluding carboxylic acids is 1. The van der Waals surface area contributed by atoms with Crippen molar-refractivity contribution < 1.29 is 9.53 Å². The third kappa shape index (κ3) is 4.48. The first-order chi connectivity index (χ1) is 8.34. The van der Waals surface area contributed by atoms with Crippen LogP contribution in [0, 0.1) is 0 Å². The number of rotatable bonds is 5. The maximum absolute atomic E-state index is 11.7. The molecule has 0 aromatic carbocycles. The topological polar surface area (TPSA) is 50.4 Å². The summed E-state index contributed by atoms with van der Waals surface area (Å²) in [6.07, 6.45) is 7.56. The largest absolute Gasteiger partial charge is 0.378 e. The molecule has 2 N–H and O–H groups in total. The maximum Gasteiger partial charge on any atom is 0.221 e. The Bertz CT molecular complexity index is 283. The van der Waals surface area contributed by atoms with Crippen LogP contribution in [0.1, 0.15) is 32.1 Å². The second-order valence-electron chi connectivity index (χ2n) is 4.78. The fourth-order valence-electron chi connectivity index (χ4n) is 2.37. The predicted octanol–water partition coefficient (Wildman–Crippen LogP) is 0.981. The molecule has 2 aliphatic rings. The van der Waals surface area contributed by atoms with E-state index in [9.17, 15) is 4.79 Å². The highest BCUT2D eigenvalue weighted by molar-refractivity contribution is 5.76. The van der Waals surface area contributed by atoms with E-state index in [1.807, 2.05) is 0 Å². The third-order valence-electron chi connectivity index (χ3n) is 3.33. The minimum Gasteiger partial charge on any atom is -0.378 e. The van der Waals surface area contributed by atoms with Gasteiger partial charge in [0.1, 0.15) is 0 Å². The number of hydrogen-bond acceptors (Lipinski definition) is 3. The van der Waals surface area contributed by atoms with Gasteiger partial charge in [0.2, 0.25) is 5.91 Å². The second kappa shape index (κ2) is 6.77. The minimum atomic E-state index is 0.131. The molecule has 2 rings (SSSR count). The predicted molar refractivity (Wildman–Crippen MR) is 66.8 cm³/mol. The van der Waals surface area contributed by atoms with Crippen LogP contribution in [0.5, 0.6) is 0 Å². The summed E-state index contributed by atoms with van der Waals surface area (Å²) < 4.78 is 5.32. The zero-order valence-corrected chi connectivity index (χ0v) is 10.3. The van der Waals surface area contributed by atoms with Crippen LogP contribution in [0.15, 0.2) is 11.6 Å². The number of carbonyl (C=O) groups is 1. The highest BCUT2D eigenvalue weighted by Gasteiger charge is 2.16. The first-order valence-electron chi connectivity index (χ1n) is 6.60. The van der Waals surface area contributed by atoms with Crippen molar-refractivity contribution in [2.24, 2.45) is 0 Å². The smallest absolute Gasteiger partial charge is 0.221 e. The fourth-order valence-corrected chi connectivity index (χ4v) is 2.37. The van der Waals surface area contributed by atoms with Crippen molar-refractivity contribution >= 4 is 5.91 Å². The number of morpholine rings is 1. The summed E-state index contributed by atoms with van der Waals surface area (Å²) in [5, 5.41) is 6.27. The van der Waals surface area contributed by atoms with E-state index < -0.39 is 0 Å². The molecule has 1 fully saturated rings. The summed E-state index contributed by atoms with van der Waals surface area (Å²) in [5.74, 6) is 0.131. The fraction of sp³-hybridized carbons (Fsp3) is 0.769. The van der Waals surface area contributed by atoms with E-state index in [4.69, 9.17) is 4.74 Å². The standard InChI is InChI=1S/C13H22N2O2/c16-13(9-12-10-17-8-7-14-12)15-6-5-11-3-1-2-4-11/h3,12,14H,1-2,4-10H2,(H,15,16). The summed E-state index contributed by atoms with van der Waals surface area (Å²) in [6, 6.07) is 0.189. The molecule has 4 nitrogen and oxygen atoms in total. The molecule has 1 unspecified atom stereocenters. The van der Waals surface area contributed by atoms with E-state index in [1.54, 1.807) is 0 Å². The molecule has 0 radical (unpaired) electrons. The zero-order valence-electron chi connectivity index (χ0n) is 10.3. The van der Waals surface area contributed by atoms with E-state index in [0.29, 0.717) is 13.0 Å². The molecule has 0 aromatic rings. The molecule has 4 heteroatoms. The quantitative estimate of drug-likeness (QED) is 0.702. The maximum atomic E-state index is 11.7. The van der Waals surface area contributed by atoms with Crippen LogP contribution < -0.4 is 10.6 Å². The van der Waals surface area contributed by atoms with Gasteiger partial charge in [0.25, 0.3) is 0 Å². The van der Waals surface area contributed by atoms with Crippen molar-refractivity contribution in [1.82, 2.24) is 10.6 Å². The summed E-state index contributed by atoms with van der Waals surface area (Å²) in [4.78, 5) is 11.7. The van der Waals surface area contributed by atoms with Crippen LogP contribution in [0.2, 0.25) is 0 Å². The summed E-state index contributed by atoms with van der Waals surface area (Å²) in [7, 11) is 0. The highest BCUT2D eigenvalue weighted by Crippen LogP contribution is 2.19. The minimum absolute atomic E-state index is 0.131. The van der Waals surface area contributed by atoms with E-state index in [-0.39, 0.29) is 11.9 Å². The van der Waals surface area contributed by atoms with Gasteiger partial charge in [-0.1, -0.05) is 11.6 Å². The molecule has 1 saturated heterocycles. The monoisotopic (exact) mass is 238 g/mol. The van der Waals surface area contributed by atoms with Gasteiger partial charge >= 0.3 is 0 Å². The van der Waals surface area contributed by atoms with Gasteiger partial charge in [0.05, 0.1) is 13.2 Å². The van der Waals surface area contributed by atoms with Crippen LogP contribution in [-0.4, -0.2) is 38.3 Å². The van der Waals surface area contributed by atoms with Crippen LogP contribution in [0.3, 0.4) is 0 Å². The van der Waals surface area contributed by atoms with Crippen molar-refractivity contribution in [3.8, 4) is 0 Å². The number of hydrogen-bond donors (Lipinski definition) is 2. The van der Waals surface area contributed by atoms with E-state index in [2.05, 4.69) is 16.7 Å². The lowest BCUT2D eigenvalue weighted by atomic mass is 10.1. The molecular weight excluding hydrogens is 216 g/mol. The Kier molecular flexibility index (Phi) is 5.01. The van der Waals surface area contributed by atoms with Crippen molar-refractivity contribution in [3.63, 3.8) is 0 Å². The van der Waals surface area contributed by atoms with Gasteiger partial charge in [-0.2, -0.15) is 0 Å². The Hall–Kier alpha value is -0.870. The number of nitrogens with one attached hydrogen (secondary N) is 2. The Morgan fingerprint density at radius 2 is 2.53 bits per heavy atom. The van der Waals surface area contributed by atoms with Crippen LogP contribution in [-0.2, 0) is 9.53 Å². The van der Waals surface area contributed by atoms with Crippen LogP contribution in [0.25, 0.3) is 0 Å². The number of amides is 1. The highest BCUT2D eigenvalue weighted by atomic mass is 16.5. The molecule has 0 saturated carbocycles. The molecule has 17 heavy (non-hydrogen) atoms. The molecule has 96 valence electrons. The van der Waals surface area contributed by atoms with Gasteiger partial charge in [-0.15, -0.1) is 0 Å². The van der Waals surface area contributed by atoms with Gasteiger partial charge in [0, 0.05) is 25.6 Å². The van der Waals surface area contributed by atoms with Crippen molar-refractivity contribution in [2.45, 2.75) is 38.1 Å². The SMILES string of the molecule is O=C(CC1COCCN1)NCCC1=CCCC1. The lowest BCUT2D eigenvalue weighted by Crippen LogP contribution is -2.44. The average Bonchev–Trinajstić information content (AvgIpc) is 2.83. The van der Waals surface area contributed by atoms with Crippen LogP contribution >= 0.6 is 0 Å². The second-order valence-corrected chi connectivity index (χ2v) is 4.78. The van der Waals surface area contributed by atoms with Gasteiger partial charge in [-0.3, -0.25) is 4.79 Å². The van der Waals surface area contributed by atoms with Crippen molar-refractivity contribution in [3.05, 3.63) is 11.6 Å². The van der Waals surface area contributed by atoms with Gasteiger partial charge in [0.15, 0.2) is 0 Å². The summed E-state index contributed by atoms with van der Waals surface area (Å²) in [6.45, 7) is 3.04. The first kappa shape index (κ1) is 12.6. The summed E-state index contributed by atoms with van der Waals surface area (Å²) >= 11 is 0. The average molecular weight is 238 g/mol. The van der Waals surface area contributed by atoms with Crippen molar-refractivity contribution in [2.75, 3.05) is 26.3 Å². The molecule has 1 amide bonds. The van der Waals surface area contributed by atoms with Gasteiger partial charge in [-0.25, -0.2) is 0 Å². The summed E-state index contributed by atoms with van der Waals surface area (Å²) in [5.41, 5.74) is 1.50. The number of allylic oxidation sites excluding steroid dienone is 1. The Balaban J connectivity index is 1.56. The normalized spacial score (nSPS) is 24.5. The first-order valence-corrected chi connectivity index (χ1v) is 6.60. The van der Waals surface area contributed by atoms with Gasteiger partial charge in [-0.05, 0) is 25.7 Å². The van der Waals surface area contributed by atoms with E-state index in [0.717, 1.165) is 26.1 Å². The molecular formula is C13H22N2O2. The lowest BCUT2D eigenvalue weighted by Gasteiger charge is -2.23. The van der Waals surface area contributed by atoms with Crippen LogP contribution in [0.4, 0.5) is 0 Å². The Morgan fingerprint density at radius 1 is 1.59 bits per heavy atom. The van der Waals surface area contributed by atoms with Crippen molar-refractivity contribution in [1.29, 1.82) is 0 Å². The van der Waals surface area contributed by atoms with E-state index in [1.165, 1.54) is 24.8 Å². The molecule has 1 heterocycles. The third-order valence-corrected chi connectivity index (χ3v) is 3.33. The zero-order chi connectivity index (χ0) is 11.9. The Morgan fingerprint density at radius 3 is 3.24 bits per heavy atom. The molecule has 0 aromatic heterocycles. The molecule has 0 spiro atoms. The Labute approximate surface area is 103 Å². The van der Waals surface area contributed by atoms with Gasteiger partial charge < -0.3 is 15.4 Å². The number of ether oxygens (including phenoxy) is 1. The molecule has 1 atom stereocenters. The molecule has 0 bridgehead atoms. The molecule has 1 aliphatic carbocycles.